The van der Waals surface area contributed by atoms with Gasteiger partial charge >= 0.3 is 0 Å². The van der Waals surface area contributed by atoms with Gasteiger partial charge in [-0.25, -0.2) is 0 Å². The summed E-state index contributed by atoms with van der Waals surface area (Å²) in [5.74, 6) is 0.564. The lowest BCUT2D eigenvalue weighted by molar-refractivity contribution is -0.118. The van der Waals surface area contributed by atoms with Gasteiger partial charge in [-0.2, -0.15) is 0 Å². The van der Waals surface area contributed by atoms with Crippen molar-refractivity contribution in [2.45, 2.75) is 32.7 Å². The minimum absolute atomic E-state index is 0.0394. The Bertz CT molecular complexity index is 569. The van der Waals surface area contributed by atoms with Crippen LogP contribution in [0.5, 0.6) is 0 Å². The number of hydrogen-bond acceptors (Lipinski definition) is 2. The molecule has 100 valence electrons. The van der Waals surface area contributed by atoms with E-state index in [1.807, 2.05) is 24.3 Å². The average molecular weight is 255 g/mol. The molecule has 1 unspecified atom stereocenters. The number of rotatable bonds is 5. The topological polar surface area (TPSA) is 43.1 Å². The minimum atomic E-state index is -0.0394. The lowest BCUT2D eigenvalue weighted by Crippen LogP contribution is -2.29. The number of hydrogen-bond donors (Lipinski definition) is 1. The molecule has 0 saturated carbocycles. The van der Waals surface area contributed by atoms with E-state index in [9.17, 15) is 4.79 Å². The fourth-order valence-corrected chi connectivity index (χ4v) is 2.23. The normalized spacial score (nSPS) is 12.8. The number of Topliss-reactive ketones (excluding diaryl/α,β-unsaturated/α-hetero) is 1. The van der Waals surface area contributed by atoms with E-state index in [1.165, 1.54) is 5.39 Å². The highest BCUT2D eigenvalue weighted by Gasteiger charge is 2.14. The largest absolute Gasteiger partial charge is 0.327 e. The first-order valence-electron chi connectivity index (χ1n) is 6.82. The Hall–Kier alpha value is -1.67. The van der Waals surface area contributed by atoms with Crippen LogP contribution >= 0.6 is 0 Å². The van der Waals surface area contributed by atoms with Gasteiger partial charge in [0.2, 0.25) is 0 Å². The molecular weight excluding hydrogens is 234 g/mol. The summed E-state index contributed by atoms with van der Waals surface area (Å²) in [7, 11) is 0. The molecule has 0 aliphatic carbocycles. The SMILES string of the molecule is CC(C)C(N)CC(=O)Cc1cccc2ccccc12. The molecule has 0 bridgehead atoms. The molecule has 0 amide bonds. The number of carbonyl (C=O) groups excluding carboxylic acids is 1. The Balaban J connectivity index is 2.15. The molecule has 0 saturated heterocycles. The van der Waals surface area contributed by atoms with E-state index in [0.717, 1.165) is 10.9 Å². The molecule has 2 heteroatoms. The van der Waals surface area contributed by atoms with E-state index in [2.05, 4.69) is 32.0 Å². The third kappa shape index (κ3) is 3.42. The first-order valence-corrected chi connectivity index (χ1v) is 6.82. The van der Waals surface area contributed by atoms with Crippen LogP contribution in [0.4, 0.5) is 0 Å². The van der Waals surface area contributed by atoms with E-state index in [4.69, 9.17) is 5.73 Å². The summed E-state index contributed by atoms with van der Waals surface area (Å²) >= 11 is 0. The molecule has 0 aliphatic rings. The number of ketones is 1. The molecule has 0 aromatic heterocycles. The van der Waals surface area contributed by atoms with E-state index in [-0.39, 0.29) is 11.8 Å². The molecule has 0 heterocycles. The maximum atomic E-state index is 12.1. The average Bonchev–Trinajstić information content (AvgIpc) is 2.39. The Morgan fingerprint density at radius 1 is 1.11 bits per heavy atom. The van der Waals surface area contributed by atoms with Crippen LogP contribution in [-0.2, 0) is 11.2 Å². The third-order valence-electron chi connectivity index (χ3n) is 3.59. The van der Waals surface area contributed by atoms with Crippen LogP contribution in [-0.4, -0.2) is 11.8 Å². The zero-order chi connectivity index (χ0) is 13.8. The van der Waals surface area contributed by atoms with Crippen LogP contribution in [0.3, 0.4) is 0 Å². The second kappa shape index (κ2) is 5.98. The van der Waals surface area contributed by atoms with Crippen LogP contribution in [0.15, 0.2) is 42.5 Å². The molecule has 19 heavy (non-hydrogen) atoms. The Morgan fingerprint density at radius 3 is 2.53 bits per heavy atom. The molecule has 1 atom stereocenters. The predicted molar refractivity (Wildman–Crippen MR) is 80.1 cm³/mol. The standard InChI is InChI=1S/C17H21NO/c1-12(2)17(18)11-15(19)10-14-8-5-7-13-6-3-4-9-16(13)14/h3-9,12,17H,10-11,18H2,1-2H3. The van der Waals surface area contributed by atoms with Gasteiger partial charge in [0.15, 0.2) is 0 Å². The van der Waals surface area contributed by atoms with Gasteiger partial charge in [0, 0.05) is 18.9 Å². The summed E-state index contributed by atoms with van der Waals surface area (Å²) in [5, 5.41) is 2.34. The third-order valence-corrected chi connectivity index (χ3v) is 3.59. The van der Waals surface area contributed by atoms with Crippen molar-refractivity contribution in [1.29, 1.82) is 0 Å². The van der Waals surface area contributed by atoms with Crippen LogP contribution in [0, 0.1) is 5.92 Å². The van der Waals surface area contributed by atoms with Crippen LogP contribution < -0.4 is 5.73 Å². The van der Waals surface area contributed by atoms with Crippen molar-refractivity contribution >= 4 is 16.6 Å². The van der Waals surface area contributed by atoms with Crippen molar-refractivity contribution in [1.82, 2.24) is 0 Å². The number of benzene rings is 2. The number of fused-ring (bicyclic) bond motifs is 1. The second-order valence-electron chi connectivity index (χ2n) is 5.47. The Labute approximate surface area is 114 Å². The lowest BCUT2D eigenvalue weighted by Gasteiger charge is -2.14. The second-order valence-corrected chi connectivity index (χ2v) is 5.47. The van der Waals surface area contributed by atoms with Crippen molar-refractivity contribution in [3.05, 3.63) is 48.0 Å². The summed E-state index contributed by atoms with van der Waals surface area (Å²) in [6.45, 7) is 4.10. The van der Waals surface area contributed by atoms with Gasteiger partial charge in [0.25, 0.3) is 0 Å². The van der Waals surface area contributed by atoms with Gasteiger partial charge < -0.3 is 5.73 Å². The summed E-state index contributed by atoms with van der Waals surface area (Å²) in [6, 6.07) is 14.2. The van der Waals surface area contributed by atoms with E-state index in [0.29, 0.717) is 18.8 Å². The fourth-order valence-electron chi connectivity index (χ4n) is 2.23. The van der Waals surface area contributed by atoms with Crippen LogP contribution in [0.25, 0.3) is 10.8 Å². The maximum absolute atomic E-state index is 12.1. The molecule has 2 rings (SSSR count). The minimum Gasteiger partial charge on any atom is -0.327 e. The highest BCUT2D eigenvalue weighted by molar-refractivity contribution is 5.91. The van der Waals surface area contributed by atoms with Crippen molar-refractivity contribution in [3.8, 4) is 0 Å². The van der Waals surface area contributed by atoms with Crippen molar-refractivity contribution in [3.63, 3.8) is 0 Å². The van der Waals surface area contributed by atoms with Gasteiger partial charge in [-0.05, 0) is 22.3 Å². The van der Waals surface area contributed by atoms with E-state index >= 15 is 0 Å². The van der Waals surface area contributed by atoms with Gasteiger partial charge in [0.1, 0.15) is 5.78 Å². The summed E-state index contributed by atoms with van der Waals surface area (Å²) in [5.41, 5.74) is 7.06. The fraction of sp³-hybridized carbons (Fsp3) is 0.353. The molecule has 0 aliphatic heterocycles. The van der Waals surface area contributed by atoms with E-state index < -0.39 is 0 Å². The lowest BCUT2D eigenvalue weighted by atomic mass is 9.95. The van der Waals surface area contributed by atoms with Gasteiger partial charge in [-0.15, -0.1) is 0 Å². The Kier molecular flexibility index (Phi) is 4.33. The van der Waals surface area contributed by atoms with Gasteiger partial charge in [0.05, 0.1) is 0 Å². The number of carbonyl (C=O) groups is 1. The van der Waals surface area contributed by atoms with Gasteiger partial charge in [-0.1, -0.05) is 56.3 Å². The smallest absolute Gasteiger partial charge is 0.138 e. The monoisotopic (exact) mass is 255 g/mol. The molecule has 0 spiro atoms. The summed E-state index contributed by atoms with van der Waals surface area (Å²) < 4.78 is 0. The molecule has 2 aromatic rings. The van der Waals surface area contributed by atoms with Crippen LogP contribution in [0.1, 0.15) is 25.8 Å². The summed E-state index contributed by atoms with van der Waals surface area (Å²) in [4.78, 5) is 12.1. The molecule has 0 radical (unpaired) electrons. The molecular formula is C17H21NO. The quantitative estimate of drug-likeness (QED) is 0.890. The van der Waals surface area contributed by atoms with Crippen LogP contribution in [0.2, 0.25) is 0 Å². The first kappa shape index (κ1) is 13.8. The molecule has 2 aromatic carbocycles. The Morgan fingerprint density at radius 2 is 1.79 bits per heavy atom. The zero-order valence-corrected chi connectivity index (χ0v) is 11.6. The van der Waals surface area contributed by atoms with Crippen molar-refractivity contribution < 1.29 is 4.79 Å². The molecule has 2 nitrogen and oxygen atoms in total. The molecule has 2 N–H and O–H groups in total. The van der Waals surface area contributed by atoms with Crippen molar-refractivity contribution in [2.75, 3.05) is 0 Å². The van der Waals surface area contributed by atoms with E-state index in [1.54, 1.807) is 0 Å². The zero-order valence-electron chi connectivity index (χ0n) is 11.6. The first-order chi connectivity index (χ1) is 9.08. The summed E-state index contributed by atoms with van der Waals surface area (Å²) in [6.07, 6.45) is 0.933. The van der Waals surface area contributed by atoms with Crippen molar-refractivity contribution in [2.24, 2.45) is 11.7 Å². The number of nitrogens with two attached hydrogens (primary N) is 1. The highest BCUT2D eigenvalue weighted by atomic mass is 16.1. The molecule has 0 fully saturated rings. The van der Waals surface area contributed by atoms with Gasteiger partial charge in [-0.3, -0.25) is 4.79 Å². The predicted octanol–water partition coefficient (Wildman–Crippen LogP) is 3.32. The highest BCUT2D eigenvalue weighted by Crippen LogP contribution is 2.19. The maximum Gasteiger partial charge on any atom is 0.138 e.